The van der Waals surface area contributed by atoms with Crippen molar-refractivity contribution in [3.63, 3.8) is 0 Å². The van der Waals surface area contributed by atoms with E-state index >= 15 is 0 Å². The van der Waals surface area contributed by atoms with Crippen LogP contribution >= 0.6 is 0 Å². The second-order valence-electron chi connectivity index (χ2n) is 5.87. The maximum absolute atomic E-state index is 9.14. The third-order valence-electron chi connectivity index (χ3n) is 4.97. The van der Waals surface area contributed by atoms with Crippen molar-refractivity contribution in [2.75, 3.05) is 6.61 Å². The van der Waals surface area contributed by atoms with Gasteiger partial charge in [-0.15, -0.1) is 6.58 Å². The number of rotatable bonds is 3. The first-order valence-corrected chi connectivity index (χ1v) is 7.07. The van der Waals surface area contributed by atoms with Crippen molar-refractivity contribution in [3.8, 4) is 0 Å². The van der Waals surface area contributed by atoms with Crippen LogP contribution in [0.25, 0.3) is 0 Å². The van der Waals surface area contributed by atoms with Crippen LogP contribution in [-0.4, -0.2) is 11.7 Å². The Morgan fingerprint density at radius 3 is 1.81 bits per heavy atom. The SMILES string of the molecule is C=C[C@H]1CC[C@H]([C@H]2CC[C@H](CO)CC2)CC1. The van der Waals surface area contributed by atoms with Gasteiger partial charge in [0.05, 0.1) is 0 Å². The summed E-state index contributed by atoms with van der Waals surface area (Å²) in [6.45, 7) is 4.33. The Hall–Kier alpha value is -0.300. The molecule has 0 unspecified atom stereocenters. The molecule has 0 aliphatic heterocycles. The Morgan fingerprint density at radius 1 is 0.875 bits per heavy atom. The number of aliphatic hydroxyl groups excluding tert-OH is 1. The maximum atomic E-state index is 9.14. The molecule has 1 nitrogen and oxygen atoms in total. The monoisotopic (exact) mass is 222 g/mol. The summed E-state index contributed by atoms with van der Waals surface area (Å²) in [5.41, 5.74) is 0. The van der Waals surface area contributed by atoms with Gasteiger partial charge in [-0.3, -0.25) is 0 Å². The van der Waals surface area contributed by atoms with E-state index in [2.05, 4.69) is 12.7 Å². The molecule has 0 aromatic carbocycles. The molecule has 16 heavy (non-hydrogen) atoms. The van der Waals surface area contributed by atoms with Crippen LogP contribution in [0.1, 0.15) is 51.4 Å². The van der Waals surface area contributed by atoms with E-state index < -0.39 is 0 Å². The maximum Gasteiger partial charge on any atom is 0.0459 e. The Labute approximate surface area is 99.9 Å². The van der Waals surface area contributed by atoms with Crippen LogP contribution in [0.2, 0.25) is 0 Å². The molecule has 2 rings (SSSR count). The molecular formula is C15H26O. The zero-order valence-electron chi connectivity index (χ0n) is 10.4. The summed E-state index contributed by atoms with van der Waals surface area (Å²) in [7, 11) is 0. The summed E-state index contributed by atoms with van der Waals surface area (Å²) in [6, 6.07) is 0. The fraction of sp³-hybridized carbons (Fsp3) is 0.867. The predicted octanol–water partition coefficient (Wildman–Crippen LogP) is 3.78. The number of aliphatic hydroxyl groups is 1. The highest BCUT2D eigenvalue weighted by Crippen LogP contribution is 2.41. The molecule has 0 heterocycles. The first-order valence-electron chi connectivity index (χ1n) is 7.07. The summed E-state index contributed by atoms with van der Waals surface area (Å²) in [5, 5.41) is 9.14. The zero-order valence-corrected chi connectivity index (χ0v) is 10.4. The zero-order chi connectivity index (χ0) is 11.4. The number of allylic oxidation sites excluding steroid dienone is 1. The van der Waals surface area contributed by atoms with Crippen molar-refractivity contribution in [3.05, 3.63) is 12.7 Å². The van der Waals surface area contributed by atoms with E-state index in [4.69, 9.17) is 5.11 Å². The molecule has 0 aromatic heterocycles. The lowest BCUT2D eigenvalue weighted by molar-refractivity contribution is 0.122. The van der Waals surface area contributed by atoms with Gasteiger partial charge in [0.2, 0.25) is 0 Å². The first kappa shape index (κ1) is 12.2. The van der Waals surface area contributed by atoms with E-state index in [0.29, 0.717) is 12.5 Å². The van der Waals surface area contributed by atoms with Gasteiger partial charge in [-0.2, -0.15) is 0 Å². The third-order valence-corrected chi connectivity index (χ3v) is 4.97. The fourth-order valence-corrected chi connectivity index (χ4v) is 3.69. The second kappa shape index (κ2) is 5.86. The molecule has 1 heteroatoms. The van der Waals surface area contributed by atoms with E-state index in [1.54, 1.807) is 0 Å². The third kappa shape index (κ3) is 2.88. The lowest BCUT2D eigenvalue weighted by Gasteiger charge is -2.37. The van der Waals surface area contributed by atoms with Crippen LogP contribution in [-0.2, 0) is 0 Å². The van der Waals surface area contributed by atoms with Crippen molar-refractivity contribution in [1.82, 2.24) is 0 Å². The van der Waals surface area contributed by atoms with Gasteiger partial charge >= 0.3 is 0 Å². The van der Waals surface area contributed by atoms with Gasteiger partial charge in [0.15, 0.2) is 0 Å². The summed E-state index contributed by atoms with van der Waals surface area (Å²) in [5.74, 6) is 3.36. The van der Waals surface area contributed by atoms with E-state index in [1.165, 1.54) is 51.4 Å². The van der Waals surface area contributed by atoms with Crippen LogP contribution in [0.5, 0.6) is 0 Å². The Bertz CT molecular complexity index is 207. The summed E-state index contributed by atoms with van der Waals surface area (Å²) in [6.07, 6.45) is 13.0. The molecule has 0 saturated heterocycles. The molecule has 0 radical (unpaired) electrons. The van der Waals surface area contributed by atoms with Gasteiger partial charge in [0.1, 0.15) is 0 Å². The average molecular weight is 222 g/mol. The van der Waals surface area contributed by atoms with Crippen LogP contribution < -0.4 is 0 Å². The molecule has 0 aromatic rings. The van der Waals surface area contributed by atoms with Crippen molar-refractivity contribution < 1.29 is 5.11 Å². The minimum Gasteiger partial charge on any atom is -0.396 e. The highest BCUT2D eigenvalue weighted by atomic mass is 16.3. The van der Waals surface area contributed by atoms with Crippen LogP contribution in [0.15, 0.2) is 12.7 Å². The molecule has 0 spiro atoms. The second-order valence-corrected chi connectivity index (χ2v) is 5.87. The van der Waals surface area contributed by atoms with Gasteiger partial charge in [0.25, 0.3) is 0 Å². The highest BCUT2D eigenvalue weighted by Gasteiger charge is 2.29. The molecule has 1 N–H and O–H groups in total. The van der Waals surface area contributed by atoms with Crippen molar-refractivity contribution in [2.24, 2.45) is 23.7 Å². The summed E-state index contributed by atoms with van der Waals surface area (Å²) in [4.78, 5) is 0. The first-order chi connectivity index (χ1) is 7.83. The smallest absolute Gasteiger partial charge is 0.0459 e. The van der Waals surface area contributed by atoms with E-state index in [-0.39, 0.29) is 0 Å². The minimum absolute atomic E-state index is 0.413. The van der Waals surface area contributed by atoms with Gasteiger partial charge in [0, 0.05) is 6.61 Å². The molecule has 2 saturated carbocycles. The Kier molecular flexibility index (Phi) is 4.45. The lowest BCUT2D eigenvalue weighted by Crippen LogP contribution is -2.26. The fourth-order valence-electron chi connectivity index (χ4n) is 3.69. The van der Waals surface area contributed by atoms with Gasteiger partial charge in [-0.25, -0.2) is 0 Å². The van der Waals surface area contributed by atoms with Crippen LogP contribution in [0.3, 0.4) is 0 Å². The van der Waals surface area contributed by atoms with Crippen LogP contribution in [0, 0.1) is 23.7 Å². The summed E-state index contributed by atoms with van der Waals surface area (Å²) < 4.78 is 0. The Morgan fingerprint density at radius 2 is 1.38 bits per heavy atom. The predicted molar refractivity (Wildman–Crippen MR) is 68.2 cm³/mol. The van der Waals surface area contributed by atoms with Crippen molar-refractivity contribution >= 4 is 0 Å². The molecule has 0 bridgehead atoms. The largest absolute Gasteiger partial charge is 0.396 e. The molecule has 2 aliphatic rings. The van der Waals surface area contributed by atoms with Crippen molar-refractivity contribution in [2.45, 2.75) is 51.4 Å². The Balaban J connectivity index is 1.75. The topological polar surface area (TPSA) is 20.2 Å². The quantitative estimate of drug-likeness (QED) is 0.721. The van der Waals surface area contributed by atoms with E-state index in [0.717, 1.165) is 17.8 Å². The van der Waals surface area contributed by atoms with Crippen LogP contribution in [0.4, 0.5) is 0 Å². The van der Waals surface area contributed by atoms with Gasteiger partial charge in [-0.05, 0) is 75.0 Å². The molecule has 0 atom stereocenters. The van der Waals surface area contributed by atoms with Crippen molar-refractivity contribution in [1.29, 1.82) is 0 Å². The van der Waals surface area contributed by atoms with Gasteiger partial charge in [-0.1, -0.05) is 6.08 Å². The normalized spacial score (nSPS) is 40.6. The van der Waals surface area contributed by atoms with E-state index in [9.17, 15) is 0 Å². The number of hydrogen-bond donors (Lipinski definition) is 1. The standard InChI is InChI=1S/C15H26O/c1-2-12-3-7-14(8-4-12)15-9-5-13(11-16)6-10-15/h2,12-16H,1,3-11H2/t12-,13-,14-,15-. The van der Waals surface area contributed by atoms with E-state index in [1.807, 2.05) is 0 Å². The molecular weight excluding hydrogens is 196 g/mol. The highest BCUT2D eigenvalue weighted by molar-refractivity contribution is 4.87. The molecule has 0 amide bonds. The lowest BCUT2D eigenvalue weighted by atomic mass is 9.69. The molecule has 92 valence electrons. The number of hydrogen-bond acceptors (Lipinski definition) is 1. The average Bonchev–Trinajstić information content (AvgIpc) is 2.39. The summed E-state index contributed by atoms with van der Waals surface area (Å²) >= 11 is 0. The molecule has 2 aliphatic carbocycles. The molecule has 2 fully saturated rings. The minimum atomic E-state index is 0.413. The van der Waals surface area contributed by atoms with Gasteiger partial charge < -0.3 is 5.11 Å².